The van der Waals surface area contributed by atoms with Crippen molar-refractivity contribution in [2.45, 2.75) is 6.92 Å². The van der Waals surface area contributed by atoms with Crippen LogP contribution < -0.4 is 10.6 Å². The summed E-state index contributed by atoms with van der Waals surface area (Å²) >= 11 is 0. The number of H-pyrrole nitrogens is 1. The molecule has 0 spiro atoms. The van der Waals surface area contributed by atoms with Crippen LogP contribution in [0.25, 0.3) is 11.0 Å². The van der Waals surface area contributed by atoms with Crippen LogP contribution in [0.2, 0.25) is 0 Å². The monoisotopic (exact) mass is 266 g/mol. The number of hydrogen-bond donors (Lipinski definition) is 3. The molecule has 1 amide bonds. The molecule has 1 aromatic carbocycles. The smallest absolute Gasteiger partial charge is 0.221 e. The molecule has 0 radical (unpaired) electrons. The number of carbonyl (C=O) groups excluding carboxylic acids is 1. The molecular formula is C15H14N4O. The van der Waals surface area contributed by atoms with Crippen LogP contribution in [0.4, 0.5) is 17.1 Å². The average molecular weight is 266 g/mol. The second kappa shape index (κ2) is 5.05. The molecule has 0 saturated carbocycles. The maximum absolute atomic E-state index is 11.1. The first-order chi connectivity index (χ1) is 9.70. The Morgan fingerprint density at radius 1 is 1.15 bits per heavy atom. The van der Waals surface area contributed by atoms with E-state index in [4.69, 9.17) is 0 Å². The second-order valence-corrected chi connectivity index (χ2v) is 4.53. The van der Waals surface area contributed by atoms with E-state index in [1.807, 2.05) is 42.6 Å². The van der Waals surface area contributed by atoms with Crippen LogP contribution in [0.15, 0.2) is 48.8 Å². The summed E-state index contributed by atoms with van der Waals surface area (Å²) in [4.78, 5) is 18.4. The van der Waals surface area contributed by atoms with Crippen LogP contribution >= 0.6 is 0 Å². The van der Waals surface area contributed by atoms with Gasteiger partial charge in [-0.05, 0) is 30.3 Å². The van der Waals surface area contributed by atoms with Gasteiger partial charge in [-0.1, -0.05) is 6.07 Å². The van der Waals surface area contributed by atoms with Crippen LogP contribution in [0.1, 0.15) is 6.92 Å². The summed E-state index contributed by atoms with van der Waals surface area (Å²) < 4.78 is 0. The van der Waals surface area contributed by atoms with Crippen molar-refractivity contribution >= 4 is 34.0 Å². The lowest BCUT2D eigenvalue weighted by atomic mass is 10.2. The highest BCUT2D eigenvalue weighted by Crippen LogP contribution is 2.22. The Labute approximate surface area is 116 Å². The van der Waals surface area contributed by atoms with E-state index in [0.717, 1.165) is 28.1 Å². The van der Waals surface area contributed by atoms with Crippen molar-refractivity contribution in [3.8, 4) is 0 Å². The van der Waals surface area contributed by atoms with Crippen LogP contribution in [0, 0.1) is 0 Å². The van der Waals surface area contributed by atoms with E-state index in [9.17, 15) is 4.79 Å². The molecule has 3 aromatic rings. The molecule has 0 aliphatic carbocycles. The fourth-order valence-corrected chi connectivity index (χ4v) is 2.05. The molecule has 0 fully saturated rings. The van der Waals surface area contributed by atoms with Gasteiger partial charge in [0.25, 0.3) is 0 Å². The largest absolute Gasteiger partial charge is 0.354 e. The minimum Gasteiger partial charge on any atom is -0.354 e. The molecule has 2 aromatic heterocycles. The molecule has 0 aliphatic heterocycles. The summed E-state index contributed by atoms with van der Waals surface area (Å²) in [5, 5.41) is 7.08. The first kappa shape index (κ1) is 12.2. The maximum atomic E-state index is 11.1. The van der Waals surface area contributed by atoms with Crippen molar-refractivity contribution in [1.82, 2.24) is 9.97 Å². The number of benzene rings is 1. The summed E-state index contributed by atoms with van der Waals surface area (Å²) in [6, 6.07) is 11.5. The third-order valence-corrected chi connectivity index (χ3v) is 2.87. The second-order valence-electron chi connectivity index (χ2n) is 4.53. The van der Waals surface area contributed by atoms with Gasteiger partial charge in [0.1, 0.15) is 5.65 Å². The molecule has 2 heterocycles. The van der Waals surface area contributed by atoms with Gasteiger partial charge in [-0.25, -0.2) is 4.98 Å². The zero-order chi connectivity index (χ0) is 13.9. The number of nitrogens with one attached hydrogen (secondary N) is 3. The maximum Gasteiger partial charge on any atom is 0.221 e. The fourth-order valence-electron chi connectivity index (χ4n) is 2.05. The Hall–Kier alpha value is -2.82. The highest BCUT2D eigenvalue weighted by atomic mass is 16.1. The third kappa shape index (κ3) is 2.61. The standard InChI is InChI=1S/C15H14N4O/c1-10(20)18-12-3-2-4-13(8-12)19-14-7-11-5-6-16-15(11)17-9-14/h2-9,19H,1H3,(H,16,17)(H,18,20). The van der Waals surface area contributed by atoms with Crippen molar-refractivity contribution in [3.05, 3.63) is 48.8 Å². The van der Waals surface area contributed by atoms with E-state index in [1.54, 1.807) is 6.20 Å². The molecule has 5 heteroatoms. The van der Waals surface area contributed by atoms with E-state index in [0.29, 0.717) is 0 Å². The van der Waals surface area contributed by atoms with Crippen LogP contribution in [-0.2, 0) is 4.79 Å². The summed E-state index contributed by atoms with van der Waals surface area (Å²) in [7, 11) is 0. The first-order valence-corrected chi connectivity index (χ1v) is 6.28. The summed E-state index contributed by atoms with van der Waals surface area (Å²) in [6.45, 7) is 1.49. The van der Waals surface area contributed by atoms with Gasteiger partial charge in [0.2, 0.25) is 5.91 Å². The van der Waals surface area contributed by atoms with Crippen molar-refractivity contribution in [3.63, 3.8) is 0 Å². The van der Waals surface area contributed by atoms with E-state index < -0.39 is 0 Å². The van der Waals surface area contributed by atoms with Crippen molar-refractivity contribution < 1.29 is 4.79 Å². The molecule has 3 N–H and O–H groups in total. The first-order valence-electron chi connectivity index (χ1n) is 6.28. The van der Waals surface area contributed by atoms with Crippen molar-refractivity contribution in [2.24, 2.45) is 0 Å². The van der Waals surface area contributed by atoms with Gasteiger partial charge >= 0.3 is 0 Å². The third-order valence-electron chi connectivity index (χ3n) is 2.87. The van der Waals surface area contributed by atoms with E-state index in [2.05, 4.69) is 20.6 Å². The summed E-state index contributed by atoms with van der Waals surface area (Å²) in [5.74, 6) is -0.0856. The van der Waals surface area contributed by atoms with Crippen molar-refractivity contribution in [1.29, 1.82) is 0 Å². The molecule has 0 bridgehead atoms. The average Bonchev–Trinajstić information content (AvgIpc) is 2.85. The van der Waals surface area contributed by atoms with Gasteiger partial charge < -0.3 is 15.6 Å². The molecule has 0 unspecified atom stereocenters. The summed E-state index contributed by atoms with van der Waals surface area (Å²) in [5.41, 5.74) is 3.42. The van der Waals surface area contributed by atoms with Crippen LogP contribution in [-0.4, -0.2) is 15.9 Å². The van der Waals surface area contributed by atoms with E-state index in [-0.39, 0.29) is 5.91 Å². The topological polar surface area (TPSA) is 69.8 Å². The van der Waals surface area contributed by atoms with E-state index >= 15 is 0 Å². The Morgan fingerprint density at radius 3 is 2.85 bits per heavy atom. The van der Waals surface area contributed by atoms with Crippen LogP contribution in [0.3, 0.4) is 0 Å². The van der Waals surface area contributed by atoms with Gasteiger partial charge in [-0.3, -0.25) is 4.79 Å². The molecule has 3 rings (SSSR count). The molecule has 0 aliphatic rings. The van der Waals surface area contributed by atoms with E-state index in [1.165, 1.54) is 6.92 Å². The molecular weight excluding hydrogens is 252 g/mol. The van der Waals surface area contributed by atoms with Gasteiger partial charge in [-0.15, -0.1) is 0 Å². The molecule has 0 atom stereocenters. The molecule has 0 saturated heterocycles. The number of nitrogens with zero attached hydrogens (tertiary/aromatic N) is 1. The predicted molar refractivity (Wildman–Crippen MR) is 80.1 cm³/mol. The fraction of sp³-hybridized carbons (Fsp3) is 0.0667. The Kier molecular flexibility index (Phi) is 3.09. The molecule has 5 nitrogen and oxygen atoms in total. The number of amides is 1. The number of rotatable bonds is 3. The highest BCUT2D eigenvalue weighted by molar-refractivity contribution is 5.89. The van der Waals surface area contributed by atoms with Crippen LogP contribution in [0.5, 0.6) is 0 Å². The number of hydrogen-bond acceptors (Lipinski definition) is 3. The summed E-state index contributed by atoms with van der Waals surface area (Å²) in [6.07, 6.45) is 3.63. The Bertz CT molecular complexity index is 763. The normalized spacial score (nSPS) is 10.4. The lowest BCUT2D eigenvalue weighted by molar-refractivity contribution is -0.114. The molecule has 20 heavy (non-hydrogen) atoms. The number of aromatic amines is 1. The minimum atomic E-state index is -0.0856. The minimum absolute atomic E-state index is 0.0856. The zero-order valence-electron chi connectivity index (χ0n) is 11.0. The van der Waals surface area contributed by atoms with Gasteiger partial charge in [0.15, 0.2) is 0 Å². The number of aromatic nitrogens is 2. The lowest BCUT2D eigenvalue weighted by Crippen LogP contribution is -2.05. The Balaban J connectivity index is 1.84. The van der Waals surface area contributed by atoms with Gasteiger partial charge in [0, 0.05) is 29.9 Å². The Morgan fingerprint density at radius 2 is 2.00 bits per heavy atom. The molecule has 100 valence electrons. The number of anilines is 3. The SMILES string of the molecule is CC(=O)Nc1cccc(Nc2cnc3[nH]ccc3c2)c1. The quantitative estimate of drug-likeness (QED) is 0.681. The van der Waals surface area contributed by atoms with Gasteiger partial charge in [-0.2, -0.15) is 0 Å². The number of pyridine rings is 1. The number of fused-ring (bicyclic) bond motifs is 1. The zero-order valence-corrected chi connectivity index (χ0v) is 11.0. The predicted octanol–water partition coefficient (Wildman–Crippen LogP) is 3.26. The van der Waals surface area contributed by atoms with Crippen molar-refractivity contribution in [2.75, 3.05) is 10.6 Å². The highest BCUT2D eigenvalue weighted by Gasteiger charge is 2.01. The van der Waals surface area contributed by atoms with Gasteiger partial charge in [0.05, 0.1) is 11.9 Å². The number of carbonyl (C=O) groups is 1. The lowest BCUT2D eigenvalue weighted by Gasteiger charge is -2.08.